The molecule has 2 heterocycles. The van der Waals surface area contributed by atoms with Gasteiger partial charge in [-0.2, -0.15) is 4.98 Å². The van der Waals surface area contributed by atoms with Crippen LogP contribution in [0.2, 0.25) is 10.0 Å². The molecule has 35 heavy (non-hydrogen) atoms. The van der Waals surface area contributed by atoms with Crippen LogP contribution in [0.3, 0.4) is 0 Å². The maximum absolute atomic E-state index is 12.8. The number of halogens is 2. The number of aromatic nitrogens is 2. The fourth-order valence-electron chi connectivity index (χ4n) is 4.21. The van der Waals surface area contributed by atoms with Gasteiger partial charge in [0.2, 0.25) is 17.6 Å². The summed E-state index contributed by atoms with van der Waals surface area (Å²) in [5.74, 6) is 2.26. The zero-order chi connectivity index (χ0) is 24.8. The van der Waals surface area contributed by atoms with Crippen LogP contribution < -0.4 is 14.8 Å². The first-order chi connectivity index (χ1) is 17.0. The Bertz CT molecular complexity index is 1170. The number of hydrogen-bond acceptors (Lipinski definition) is 7. The summed E-state index contributed by atoms with van der Waals surface area (Å²) in [5, 5.41) is 8.14. The number of piperidine rings is 1. The topological polar surface area (TPSA) is 89.7 Å². The molecule has 1 unspecified atom stereocenters. The van der Waals surface area contributed by atoms with Gasteiger partial charge >= 0.3 is 0 Å². The van der Waals surface area contributed by atoms with Crippen molar-refractivity contribution < 1.29 is 18.8 Å². The highest BCUT2D eigenvalue weighted by Crippen LogP contribution is 2.29. The number of nitrogens with zero attached hydrogens (tertiary/aromatic N) is 3. The molecule has 0 aliphatic carbocycles. The van der Waals surface area contributed by atoms with Crippen LogP contribution in [0.4, 0.5) is 0 Å². The zero-order valence-electron chi connectivity index (χ0n) is 19.7. The van der Waals surface area contributed by atoms with Crippen LogP contribution >= 0.6 is 23.2 Å². The van der Waals surface area contributed by atoms with Gasteiger partial charge in [0.1, 0.15) is 0 Å². The minimum absolute atomic E-state index is 0.0642. The predicted molar refractivity (Wildman–Crippen MR) is 134 cm³/mol. The SMILES string of the molecule is COc1ccc(CCNC(=O)C2CCCN(Cc3nc(-c4ccc(Cl)cc4Cl)no3)C2)cc1OC. The summed E-state index contributed by atoms with van der Waals surface area (Å²) in [5.41, 5.74) is 1.73. The third-order valence-corrected chi connectivity index (χ3v) is 6.58. The van der Waals surface area contributed by atoms with Gasteiger partial charge in [0.15, 0.2) is 11.5 Å². The quantitative estimate of drug-likeness (QED) is 0.441. The molecule has 8 nitrogen and oxygen atoms in total. The fraction of sp³-hybridized carbons (Fsp3) is 0.400. The summed E-state index contributed by atoms with van der Waals surface area (Å²) >= 11 is 12.2. The average Bonchev–Trinajstić information content (AvgIpc) is 3.32. The lowest BCUT2D eigenvalue weighted by Crippen LogP contribution is -2.43. The van der Waals surface area contributed by atoms with Crippen LogP contribution in [0.1, 0.15) is 24.3 Å². The maximum Gasteiger partial charge on any atom is 0.241 e. The second-order valence-corrected chi connectivity index (χ2v) is 9.28. The first-order valence-corrected chi connectivity index (χ1v) is 12.2. The van der Waals surface area contributed by atoms with Gasteiger partial charge in [-0.1, -0.05) is 34.4 Å². The summed E-state index contributed by atoms with van der Waals surface area (Å²) in [6.45, 7) is 2.55. The molecule has 186 valence electrons. The predicted octanol–water partition coefficient (Wildman–Crippen LogP) is 4.63. The van der Waals surface area contributed by atoms with Gasteiger partial charge in [0, 0.05) is 23.7 Å². The van der Waals surface area contributed by atoms with Crippen molar-refractivity contribution in [2.75, 3.05) is 33.9 Å². The Kier molecular flexibility index (Phi) is 8.49. The van der Waals surface area contributed by atoms with E-state index in [4.69, 9.17) is 37.2 Å². The van der Waals surface area contributed by atoms with Gasteiger partial charge in [-0.05, 0) is 61.7 Å². The van der Waals surface area contributed by atoms with Gasteiger partial charge < -0.3 is 19.3 Å². The molecule has 1 amide bonds. The number of carbonyl (C=O) groups is 1. The van der Waals surface area contributed by atoms with Crippen LogP contribution in [0.5, 0.6) is 11.5 Å². The van der Waals surface area contributed by atoms with Crippen LogP contribution in [0.25, 0.3) is 11.4 Å². The number of likely N-dealkylation sites (tertiary alicyclic amines) is 1. The van der Waals surface area contributed by atoms with E-state index in [-0.39, 0.29) is 11.8 Å². The minimum Gasteiger partial charge on any atom is -0.493 e. The largest absolute Gasteiger partial charge is 0.493 e. The maximum atomic E-state index is 12.8. The fourth-order valence-corrected chi connectivity index (χ4v) is 4.71. The summed E-state index contributed by atoms with van der Waals surface area (Å²) in [7, 11) is 3.22. The molecule has 0 radical (unpaired) electrons. The van der Waals surface area contributed by atoms with E-state index in [2.05, 4.69) is 20.4 Å². The van der Waals surface area contributed by atoms with E-state index in [0.29, 0.717) is 64.9 Å². The molecule has 10 heteroatoms. The molecule has 1 aliphatic rings. The van der Waals surface area contributed by atoms with E-state index < -0.39 is 0 Å². The smallest absolute Gasteiger partial charge is 0.241 e. The minimum atomic E-state index is -0.0812. The van der Waals surface area contributed by atoms with E-state index >= 15 is 0 Å². The Morgan fingerprint density at radius 1 is 1.17 bits per heavy atom. The van der Waals surface area contributed by atoms with E-state index in [1.165, 1.54) is 0 Å². The number of hydrogen-bond donors (Lipinski definition) is 1. The second kappa shape index (κ2) is 11.7. The monoisotopic (exact) mass is 518 g/mol. The molecule has 1 fully saturated rings. The lowest BCUT2D eigenvalue weighted by Gasteiger charge is -2.30. The summed E-state index contributed by atoms with van der Waals surface area (Å²) < 4.78 is 16.1. The van der Waals surface area contributed by atoms with Gasteiger partial charge in [0.25, 0.3) is 0 Å². The normalized spacial score (nSPS) is 16.2. The van der Waals surface area contributed by atoms with Crippen molar-refractivity contribution in [2.24, 2.45) is 5.92 Å². The molecule has 1 aliphatic heterocycles. The highest BCUT2D eigenvalue weighted by atomic mass is 35.5. The molecule has 2 aromatic carbocycles. The van der Waals surface area contributed by atoms with Crippen molar-refractivity contribution in [1.82, 2.24) is 20.4 Å². The standard InChI is InChI=1S/C25H28Cl2N4O4/c1-33-21-8-5-16(12-22(21)34-2)9-10-28-25(32)17-4-3-11-31(14-17)15-23-29-24(30-35-23)19-7-6-18(26)13-20(19)27/h5-8,12-13,17H,3-4,9-11,14-15H2,1-2H3,(H,28,32). The van der Waals surface area contributed by atoms with Crippen molar-refractivity contribution in [2.45, 2.75) is 25.8 Å². The number of benzene rings is 2. The summed E-state index contributed by atoms with van der Waals surface area (Å²) in [6.07, 6.45) is 2.49. The average molecular weight is 519 g/mol. The van der Waals surface area contributed by atoms with Crippen molar-refractivity contribution in [3.63, 3.8) is 0 Å². The Labute approximate surface area is 214 Å². The first kappa shape index (κ1) is 25.3. The number of carbonyl (C=O) groups excluding carboxylic acids is 1. The number of methoxy groups -OCH3 is 2. The van der Waals surface area contributed by atoms with Gasteiger partial charge in [-0.15, -0.1) is 0 Å². The number of nitrogens with one attached hydrogen (secondary N) is 1. The van der Waals surface area contributed by atoms with Crippen molar-refractivity contribution in [1.29, 1.82) is 0 Å². The molecule has 1 N–H and O–H groups in total. The number of rotatable bonds is 9. The van der Waals surface area contributed by atoms with Gasteiger partial charge in [0.05, 0.1) is 31.7 Å². The van der Waals surface area contributed by atoms with Crippen LogP contribution in [-0.4, -0.2) is 54.8 Å². The third kappa shape index (κ3) is 6.45. The van der Waals surface area contributed by atoms with Crippen molar-refractivity contribution in [3.05, 3.63) is 57.9 Å². The van der Waals surface area contributed by atoms with Crippen molar-refractivity contribution in [3.8, 4) is 22.9 Å². The van der Waals surface area contributed by atoms with Crippen LogP contribution in [0, 0.1) is 5.92 Å². The molecular weight excluding hydrogens is 491 g/mol. The molecule has 4 rings (SSSR count). The Hall–Kier alpha value is -2.81. The Morgan fingerprint density at radius 2 is 2.00 bits per heavy atom. The van der Waals surface area contributed by atoms with Crippen molar-refractivity contribution >= 4 is 29.1 Å². The molecule has 1 atom stereocenters. The van der Waals surface area contributed by atoms with Gasteiger partial charge in [-0.3, -0.25) is 9.69 Å². The lowest BCUT2D eigenvalue weighted by atomic mass is 9.97. The highest BCUT2D eigenvalue weighted by molar-refractivity contribution is 6.36. The van der Waals surface area contributed by atoms with E-state index in [0.717, 1.165) is 24.9 Å². The molecule has 3 aromatic rings. The number of ether oxygens (including phenoxy) is 2. The molecular formula is C25H28Cl2N4O4. The molecule has 0 bridgehead atoms. The molecule has 1 aromatic heterocycles. The van der Waals surface area contributed by atoms with Crippen LogP contribution in [-0.2, 0) is 17.8 Å². The van der Waals surface area contributed by atoms with E-state index in [1.54, 1.807) is 32.4 Å². The highest BCUT2D eigenvalue weighted by Gasteiger charge is 2.27. The molecule has 0 spiro atoms. The first-order valence-electron chi connectivity index (χ1n) is 11.5. The Balaban J connectivity index is 1.28. The van der Waals surface area contributed by atoms with Gasteiger partial charge in [-0.25, -0.2) is 0 Å². The second-order valence-electron chi connectivity index (χ2n) is 8.44. The van der Waals surface area contributed by atoms with Crippen LogP contribution in [0.15, 0.2) is 40.9 Å². The Morgan fingerprint density at radius 3 is 2.77 bits per heavy atom. The van der Waals surface area contributed by atoms with E-state index in [9.17, 15) is 4.79 Å². The third-order valence-electron chi connectivity index (χ3n) is 6.04. The summed E-state index contributed by atoms with van der Waals surface area (Å²) in [4.78, 5) is 19.5. The zero-order valence-corrected chi connectivity index (χ0v) is 21.2. The molecule has 0 saturated carbocycles. The number of amides is 1. The lowest BCUT2D eigenvalue weighted by molar-refractivity contribution is -0.126. The van der Waals surface area contributed by atoms with E-state index in [1.807, 2.05) is 18.2 Å². The molecule has 1 saturated heterocycles. The summed E-state index contributed by atoms with van der Waals surface area (Å²) in [6, 6.07) is 10.9.